The highest BCUT2D eigenvalue weighted by Crippen LogP contribution is 2.64. The summed E-state index contributed by atoms with van der Waals surface area (Å²) in [5.41, 5.74) is 25.2. The van der Waals surface area contributed by atoms with Crippen LogP contribution in [0.4, 0.5) is 17.1 Å². The summed E-state index contributed by atoms with van der Waals surface area (Å²) in [6.07, 6.45) is 6.99. The second-order valence-corrected chi connectivity index (χ2v) is 17.5. The number of rotatable bonds is 3. The highest BCUT2D eigenvalue weighted by molar-refractivity contribution is 5.97. The van der Waals surface area contributed by atoms with Crippen LogP contribution in [0, 0.1) is 0 Å². The van der Waals surface area contributed by atoms with Crippen LogP contribution in [0.5, 0.6) is 0 Å². The average Bonchev–Trinajstić information content (AvgIpc) is 3.86. The molecule has 1 heteroatoms. The lowest BCUT2D eigenvalue weighted by Crippen LogP contribution is -2.27. The van der Waals surface area contributed by atoms with Gasteiger partial charge in [0.15, 0.2) is 0 Å². The monoisotopic (exact) mass is 717 g/mol. The van der Waals surface area contributed by atoms with Crippen molar-refractivity contribution in [1.82, 2.24) is 0 Å². The molecule has 0 fully saturated rings. The third-order valence-corrected chi connectivity index (χ3v) is 14.2. The summed E-state index contributed by atoms with van der Waals surface area (Å²) >= 11 is 0. The number of nitrogens with zero attached hydrogens (tertiary/aromatic N) is 1. The van der Waals surface area contributed by atoms with Gasteiger partial charge in [0.2, 0.25) is 0 Å². The van der Waals surface area contributed by atoms with E-state index >= 15 is 0 Å². The van der Waals surface area contributed by atoms with E-state index in [1.54, 1.807) is 0 Å². The summed E-state index contributed by atoms with van der Waals surface area (Å²) in [7, 11) is 0. The van der Waals surface area contributed by atoms with Crippen molar-refractivity contribution in [3.63, 3.8) is 0 Å². The predicted molar refractivity (Wildman–Crippen MR) is 233 cm³/mol. The van der Waals surface area contributed by atoms with E-state index in [-0.39, 0.29) is 16.2 Å². The lowest BCUT2D eigenvalue weighted by atomic mass is 9.69. The highest BCUT2D eigenvalue weighted by Gasteiger charge is 2.52. The van der Waals surface area contributed by atoms with E-state index in [9.17, 15) is 0 Å². The summed E-state index contributed by atoms with van der Waals surface area (Å²) in [4.78, 5) is 2.55. The van der Waals surface area contributed by atoms with Gasteiger partial charge < -0.3 is 4.90 Å². The lowest BCUT2D eigenvalue weighted by Gasteiger charge is -2.34. The molecule has 5 aliphatic rings. The standard InChI is InChI=1S/C55H43N/c1-53(2)45-20-10-5-15-37(45)42-28-25-34(31-50(42)53)56(35-26-29-43-38-16-6-11-21-46(38)54(3,4)51(43)32-35)36-27-30-44-41-19-9-14-24-49(41)55(52(44)33-36)47-22-12-7-17-39(47)40-18-8-13-23-48(40)55/h5-8,10-18,20-33H,9,19H2,1-4H3. The largest absolute Gasteiger partial charge is 0.310 e. The minimum Gasteiger partial charge on any atom is -0.310 e. The van der Waals surface area contributed by atoms with Crippen LogP contribution in [-0.2, 0) is 16.2 Å². The minimum atomic E-state index is -0.362. The van der Waals surface area contributed by atoms with Crippen LogP contribution in [0.15, 0.2) is 169 Å². The topological polar surface area (TPSA) is 3.24 Å². The van der Waals surface area contributed by atoms with Gasteiger partial charge >= 0.3 is 0 Å². The SMILES string of the molecule is CC1(C)c2ccccc2-c2ccc(N(c3ccc4c(c3)C(C)(C)c3ccccc3-4)c3ccc4c(c3)C3(C5=C4CCC=C5)c4ccccc4-c4ccccc43)cc21. The van der Waals surface area contributed by atoms with E-state index in [4.69, 9.17) is 0 Å². The van der Waals surface area contributed by atoms with Crippen LogP contribution in [0.1, 0.15) is 85.0 Å². The van der Waals surface area contributed by atoms with Crippen LogP contribution in [0.2, 0.25) is 0 Å². The summed E-state index contributed by atoms with van der Waals surface area (Å²) < 4.78 is 0. The van der Waals surface area contributed by atoms with Gasteiger partial charge in [0.25, 0.3) is 0 Å². The maximum Gasteiger partial charge on any atom is 0.0722 e. The van der Waals surface area contributed by atoms with E-state index in [0.717, 1.165) is 12.8 Å². The van der Waals surface area contributed by atoms with E-state index in [2.05, 4.69) is 196 Å². The molecule has 56 heavy (non-hydrogen) atoms. The Morgan fingerprint density at radius 3 is 1.29 bits per heavy atom. The quantitative estimate of drug-likeness (QED) is 0.176. The smallest absolute Gasteiger partial charge is 0.0722 e. The molecule has 7 aromatic rings. The molecule has 0 aromatic heterocycles. The van der Waals surface area contributed by atoms with Crippen LogP contribution in [-0.4, -0.2) is 0 Å². The summed E-state index contributed by atoms with van der Waals surface area (Å²) in [5, 5.41) is 0. The van der Waals surface area contributed by atoms with E-state index in [1.165, 1.54) is 106 Å². The highest BCUT2D eigenvalue weighted by atomic mass is 15.1. The Hall–Kier alpha value is -6.18. The molecule has 7 aromatic carbocycles. The number of benzene rings is 7. The molecule has 0 amide bonds. The first-order valence-electron chi connectivity index (χ1n) is 20.3. The van der Waals surface area contributed by atoms with Crippen LogP contribution < -0.4 is 4.90 Å². The Labute approximate surface area is 330 Å². The first kappa shape index (κ1) is 32.1. The van der Waals surface area contributed by atoms with Gasteiger partial charge in [-0.15, -0.1) is 0 Å². The Bertz CT molecular complexity index is 2780. The summed E-state index contributed by atoms with van der Waals surface area (Å²) in [5.74, 6) is 0. The maximum absolute atomic E-state index is 2.56. The maximum atomic E-state index is 2.56. The van der Waals surface area contributed by atoms with Crippen molar-refractivity contribution in [1.29, 1.82) is 0 Å². The molecule has 12 rings (SSSR count). The van der Waals surface area contributed by atoms with Crippen molar-refractivity contribution in [3.8, 4) is 33.4 Å². The molecule has 0 aliphatic heterocycles. The van der Waals surface area contributed by atoms with Gasteiger partial charge in [0.1, 0.15) is 0 Å². The Kier molecular flexibility index (Phi) is 6.30. The van der Waals surface area contributed by atoms with Gasteiger partial charge in [0.05, 0.1) is 5.41 Å². The predicted octanol–water partition coefficient (Wildman–Crippen LogP) is 14.2. The molecule has 0 atom stereocenters. The van der Waals surface area contributed by atoms with E-state index < -0.39 is 0 Å². The second kappa shape index (κ2) is 11.0. The summed E-state index contributed by atoms with van der Waals surface area (Å²) in [6, 6.07) is 58.1. The van der Waals surface area contributed by atoms with Crippen molar-refractivity contribution in [2.75, 3.05) is 4.90 Å². The van der Waals surface area contributed by atoms with Crippen LogP contribution in [0.3, 0.4) is 0 Å². The number of allylic oxidation sites excluding steroid dienone is 4. The van der Waals surface area contributed by atoms with Gasteiger partial charge in [-0.05, 0) is 138 Å². The van der Waals surface area contributed by atoms with E-state index in [1.807, 2.05) is 0 Å². The fourth-order valence-corrected chi connectivity index (χ4v) is 11.6. The third-order valence-electron chi connectivity index (χ3n) is 14.2. The molecule has 1 spiro atoms. The molecule has 5 aliphatic carbocycles. The Morgan fingerprint density at radius 1 is 0.393 bits per heavy atom. The van der Waals surface area contributed by atoms with E-state index in [0.29, 0.717) is 0 Å². The molecular weight excluding hydrogens is 675 g/mol. The second-order valence-electron chi connectivity index (χ2n) is 17.5. The van der Waals surface area contributed by atoms with Crippen LogP contribution in [0.25, 0.3) is 39.0 Å². The molecule has 0 unspecified atom stereocenters. The zero-order valence-electron chi connectivity index (χ0n) is 32.4. The molecule has 0 N–H and O–H groups in total. The van der Waals surface area contributed by atoms with Gasteiger partial charge in [0, 0.05) is 27.9 Å². The van der Waals surface area contributed by atoms with Crippen molar-refractivity contribution < 1.29 is 0 Å². The van der Waals surface area contributed by atoms with Gasteiger partial charge in [-0.2, -0.15) is 0 Å². The number of fused-ring (bicyclic) bond motifs is 15. The normalized spacial score (nSPS) is 17.4. The van der Waals surface area contributed by atoms with Gasteiger partial charge in [-0.1, -0.05) is 155 Å². The van der Waals surface area contributed by atoms with Crippen molar-refractivity contribution in [2.24, 2.45) is 0 Å². The molecule has 0 saturated heterocycles. The van der Waals surface area contributed by atoms with Crippen molar-refractivity contribution in [2.45, 2.75) is 56.8 Å². The fraction of sp³-hybridized carbons (Fsp3) is 0.164. The molecule has 0 bridgehead atoms. The van der Waals surface area contributed by atoms with Gasteiger partial charge in [-0.25, -0.2) is 0 Å². The first-order chi connectivity index (χ1) is 27.3. The molecule has 0 saturated carbocycles. The van der Waals surface area contributed by atoms with Crippen molar-refractivity contribution >= 4 is 22.6 Å². The first-order valence-corrected chi connectivity index (χ1v) is 20.3. The summed E-state index contributed by atoms with van der Waals surface area (Å²) in [6.45, 7) is 9.55. The lowest BCUT2D eigenvalue weighted by molar-refractivity contribution is 0.660. The van der Waals surface area contributed by atoms with Crippen LogP contribution >= 0.6 is 0 Å². The Morgan fingerprint density at radius 2 is 0.786 bits per heavy atom. The molecular formula is C55H43N. The zero-order chi connectivity index (χ0) is 37.6. The number of anilines is 3. The average molecular weight is 718 g/mol. The molecule has 1 nitrogen and oxygen atoms in total. The zero-order valence-corrected chi connectivity index (χ0v) is 32.4. The minimum absolute atomic E-state index is 0.107. The third kappa shape index (κ3) is 3.91. The fourth-order valence-electron chi connectivity index (χ4n) is 11.6. The Balaban J connectivity index is 1.12. The van der Waals surface area contributed by atoms with Crippen molar-refractivity contribution in [3.05, 3.63) is 214 Å². The molecule has 0 heterocycles. The number of hydrogen-bond acceptors (Lipinski definition) is 1. The number of hydrogen-bond donors (Lipinski definition) is 0. The van der Waals surface area contributed by atoms with Gasteiger partial charge in [-0.3, -0.25) is 0 Å². The molecule has 0 radical (unpaired) electrons. The molecule has 268 valence electrons.